The second-order valence-corrected chi connectivity index (χ2v) is 18.8. The van der Waals surface area contributed by atoms with E-state index in [4.69, 9.17) is 14.2 Å². The second-order valence-electron chi connectivity index (χ2n) is 18.8. The molecular formula is C67H106O6. The maximum absolute atomic E-state index is 12.9. The monoisotopic (exact) mass is 1010 g/mol. The smallest absolute Gasteiger partial charge is 0.306 e. The van der Waals surface area contributed by atoms with Crippen molar-refractivity contribution >= 4 is 17.9 Å². The Hall–Kier alpha value is -4.71. The average Bonchev–Trinajstić information content (AvgIpc) is 3.39. The molecule has 0 aromatic carbocycles. The topological polar surface area (TPSA) is 78.9 Å². The molecule has 6 heteroatoms. The van der Waals surface area contributed by atoms with Crippen LogP contribution in [0.3, 0.4) is 0 Å². The Morgan fingerprint density at radius 3 is 0.849 bits per heavy atom. The van der Waals surface area contributed by atoms with Crippen molar-refractivity contribution in [2.24, 2.45) is 0 Å². The van der Waals surface area contributed by atoms with E-state index in [1.54, 1.807) is 0 Å². The molecule has 0 aromatic rings. The quantitative estimate of drug-likeness (QED) is 0.0261. The van der Waals surface area contributed by atoms with Crippen LogP contribution < -0.4 is 0 Å². The molecular weight excluding hydrogens is 901 g/mol. The normalized spacial score (nSPS) is 13.2. The predicted molar refractivity (Wildman–Crippen MR) is 315 cm³/mol. The molecule has 0 N–H and O–H groups in total. The van der Waals surface area contributed by atoms with E-state index < -0.39 is 6.10 Å². The number of esters is 3. The molecule has 0 spiro atoms. The van der Waals surface area contributed by atoms with Gasteiger partial charge in [0, 0.05) is 19.3 Å². The van der Waals surface area contributed by atoms with Crippen LogP contribution >= 0.6 is 0 Å². The van der Waals surface area contributed by atoms with Crippen molar-refractivity contribution in [2.45, 2.75) is 245 Å². The number of rotatable bonds is 51. The zero-order chi connectivity index (χ0) is 52.9. The summed E-state index contributed by atoms with van der Waals surface area (Å²) in [6, 6.07) is 0. The first-order valence-electron chi connectivity index (χ1n) is 29.3. The first-order valence-corrected chi connectivity index (χ1v) is 29.3. The van der Waals surface area contributed by atoms with Gasteiger partial charge in [-0.05, 0) is 141 Å². The molecule has 0 heterocycles. The number of ether oxygens (including phenoxy) is 3. The van der Waals surface area contributed by atoms with Crippen LogP contribution in [0.4, 0.5) is 0 Å². The first kappa shape index (κ1) is 68.3. The third-order valence-corrected chi connectivity index (χ3v) is 11.8. The molecule has 0 saturated carbocycles. The molecule has 6 nitrogen and oxygen atoms in total. The molecule has 0 fully saturated rings. The van der Waals surface area contributed by atoms with Crippen LogP contribution in [-0.2, 0) is 28.6 Å². The fourth-order valence-corrected chi connectivity index (χ4v) is 7.47. The first-order chi connectivity index (χ1) is 36.0. The van der Waals surface area contributed by atoms with E-state index in [1.165, 1.54) is 51.4 Å². The van der Waals surface area contributed by atoms with Gasteiger partial charge in [0.05, 0.1) is 0 Å². The Morgan fingerprint density at radius 2 is 0.534 bits per heavy atom. The second kappa shape index (κ2) is 59.8. The van der Waals surface area contributed by atoms with Gasteiger partial charge in [0.15, 0.2) is 6.10 Å². The van der Waals surface area contributed by atoms with Crippen LogP contribution in [0.15, 0.2) is 146 Å². The van der Waals surface area contributed by atoms with E-state index >= 15 is 0 Å². The Bertz CT molecular complexity index is 1630. The molecule has 0 aliphatic heterocycles. The Balaban J connectivity index is 4.56. The molecule has 0 saturated heterocycles. The molecule has 0 bridgehead atoms. The highest BCUT2D eigenvalue weighted by atomic mass is 16.6. The molecule has 0 radical (unpaired) electrons. The van der Waals surface area contributed by atoms with Crippen LogP contribution in [-0.4, -0.2) is 37.2 Å². The molecule has 73 heavy (non-hydrogen) atoms. The minimum atomic E-state index is -0.820. The van der Waals surface area contributed by atoms with Crippen molar-refractivity contribution in [2.75, 3.05) is 13.2 Å². The van der Waals surface area contributed by atoms with Gasteiger partial charge < -0.3 is 14.2 Å². The fraction of sp³-hybridized carbons (Fsp3) is 0.597. The van der Waals surface area contributed by atoms with Crippen LogP contribution in [0.1, 0.15) is 239 Å². The minimum Gasteiger partial charge on any atom is -0.462 e. The summed E-state index contributed by atoms with van der Waals surface area (Å²) in [5, 5.41) is 0. The van der Waals surface area contributed by atoms with Gasteiger partial charge in [-0.1, -0.05) is 224 Å². The van der Waals surface area contributed by atoms with Crippen molar-refractivity contribution in [3.8, 4) is 0 Å². The number of hydrogen-bond donors (Lipinski definition) is 0. The highest BCUT2D eigenvalue weighted by Crippen LogP contribution is 2.13. The summed E-state index contributed by atoms with van der Waals surface area (Å²) in [7, 11) is 0. The molecule has 0 aliphatic rings. The number of carbonyl (C=O) groups is 3. The van der Waals surface area contributed by atoms with Gasteiger partial charge in [-0.15, -0.1) is 0 Å². The molecule has 0 rings (SSSR count). The van der Waals surface area contributed by atoms with Crippen LogP contribution in [0.2, 0.25) is 0 Å². The lowest BCUT2D eigenvalue weighted by atomic mass is 10.1. The van der Waals surface area contributed by atoms with Crippen molar-refractivity contribution in [3.05, 3.63) is 146 Å². The number of allylic oxidation sites excluding steroid dienone is 24. The lowest BCUT2D eigenvalue weighted by Crippen LogP contribution is -2.30. The van der Waals surface area contributed by atoms with Gasteiger partial charge in [-0.2, -0.15) is 0 Å². The van der Waals surface area contributed by atoms with Gasteiger partial charge >= 0.3 is 17.9 Å². The highest BCUT2D eigenvalue weighted by Gasteiger charge is 2.19. The molecule has 0 amide bonds. The van der Waals surface area contributed by atoms with Crippen LogP contribution in [0.25, 0.3) is 0 Å². The Morgan fingerprint density at radius 1 is 0.288 bits per heavy atom. The van der Waals surface area contributed by atoms with E-state index in [0.29, 0.717) is 19.3 Å². The maximum Gasteiger partial charge on any atom is 0.306 e. The van der Waals surface area contributed by atoms with E-state index in [9.17, 15) is 14.4 Å². The summed E-state index contributed by atoms with van der Waals surface area (Å²) in [6.07, 6.45) is 85.4. The fourth-order valence-electron chi connectivity index (χ4n) is 7.47. The van der Waals surface area contributed by atoms with Crippen LogP contribution in [0, 0.1) is 0 Å². The van der Waals surface area contributed by atoms with Crippen LogP contribution in [0.5, 0.6) is 0 Å². The standard InChI is InChI=1S/C67H106O6/c1-4-7-10-13-16-19-22-25-28-31-33-36-39-42-45-48-51-54-57-60-66(69)72-63-64(62-71-65(68)59-56-53-50-47-44-41-38-35-30-27-24-21-18-15-12-9-6-3)73-67(70)61-58-55-52-49-46-43-40-37-34-32-29-26-23-20-17-14-11-8-5-2/h7-8,10-11,16-21,25-30,33-34,36-37,42-43,45-46,64H,4-6,9,12-15,22-24,31-32,35,38-41,44,47-63H2,1-3H3/b10-7-,11-8-,19-16-,20-17-,21-18-,28-25-,29-26-,30-27-,36-33-,37-34-,45-42-,46-43-/t64-/m1/s1. The van der Waals surface area contributed by atoms with Gasteiger partial charge in [-0.3, -0.25) is 14.4 Å². The van der Waals surface area contributed by atoms with E-state index in [-0.39, 0.29) is 37.5 Å². The van der Waals surface area contributed by atoms with E-state index in [2.05, 4.69) is 167 Å². The largest absolute Gasteiger partial charge is 0.462 e. The van der Waals surface area contributed by atoms with Crippen molar-refractivity contribution in [1.82, 2.24) is 0 Å². The summed E-state index contributed by atoms with van der Waals surface area (Å²) in [6.45, 7) is 6.32. The molecule has 410 valence electrons. The zero-order valence-corrected chi connectivity index (χ0v) is 46.8. The third-order valence-electron chi connectivity index (χ3n) is 11.8. The van der Waals surface area contributed by atoms with Gasteiger partial charge in [0.25, 0.3) is 0 Å². The number of unbranched alkanes of at least 4 members (excludes halogenated alkanes) is 16. The van der Waals surface area contributed by atoms with Crippen molar-refractivity contribution < 1.29 is 28.6 Å². The molecule has 0 aromatic heterocycles. The zero-order valence-electron chi connectivity index (χ0n) is 46.8. The van der Waals surface area contributed by atoms with Crippen molar-refractivity contribution in [3.63, 3.8) is 0 Å². The summed E-state index contributed by atoms with van der Waals surface area (Å²) in [5.41, 5.74) is 0. The predicted octanol–water partition coefficient (Wildman–Crippen LogP) is 20.0. The molecule has 1 atom stereocenters. The maximum atomic E-state index is 12.9. The number of carbonyl (C=O) groups excluding carboxylic acids is 3. The average molecular weight is 1010 g/mol. The Kier molecular flexibility index (Phi) is 56.0. The molecule has 0 aliphatic carbocycles. The summed E-state index contributed by atoms with van der Waals surface area (Å²) in [4.78, 5) is 38.2. The number of hydrogen-bond acceptors (Lipinski definition) is 6. The van der Waals surface area contributed by atoms with Crippen molar-refractivity contribution in [1.29, 1.82) is 0 Å². The Labute approximate surface area is 448 Å². The SMILES string of the molecule is CC/C=C\C/C=C\C/C=C\C/C=C\C/C=C\CCCCCC(=O)OC[C@@H](COC(=O)CCCCCCCCC/C=C\C/C=C\CCCCC)OC(=O)CCCCC/C=C\C/C=C\C/C=C\C/C=C\C/C=C\CC. The minimum absolute atomic E-state index is 0.112. The molecule has 0 unspecified atom stereocenters. The summed E-state index contributed by atoms with van der Waals surface area (Å²) < 4.78 is 16.8. The summed E-state index contributed by atoms with van der Waals surface area (Å²) in [5.74, 6) is -0.990. The van der Waals surface area contributed by atoms with Gasteiger partial charge in [-0.25, -0.2) is 0 Å². The lowest BCUT2D eigenvalue weighted by Gasteiger charge is -2.18. The van der Waals surface area contributed by atoms with Gasteiger partial charge in [0.1, 0.15) is 13.2 Å². The summed E-state index contributed by atoms with van der Waals surface area (Å²) >= 11 is 0. The third kappa shape index (κ3) is 58.1. The van der Waals surface area contributed by atoms with Gasteiger partial charge in [0.2, 0.25) is 0 Å². The lowest BCUT2D eigenvalue weighted by molar-refractivity contribution is -0.167. The van der Waals surface area contributed by atoms with E-state index in [1.807, 2.05) is 0 Å². The van der Waals surface area contributed by atoms with E-state index in [0.717, 1.165) is 141 Å². The highest BCUT2D eigenvalue weighted by molar-refractivity contribution is 5.71.